The monoisotopic (exact) mass is 249 g/mol. The molecule has 1 amide bonds. The van der Waals surface area contributed by atoms with Crippen LogP contribution >= 0.6 is 11.8 Å². The second kappa shape index (κ2) is 9.93. The van der Waals surface area contributed by atoms with Gasteiger partial charge in [0.15, 0.2) is 0 Å². The number of nitrogens with one attached hydrogen (secondary N) is 1. The van der Waals surface area contributed by atoms with Gasteiger partial charge in [-0.15, -0.1) is 11.8 Å². The highest BCUT2D eigenvalue weighted by atomic mass is 32.2. The molecule has 0 aliphatic carbocycles. The van der Waals surface area contributed by atoms with Crippen LogP contribution in [0.25, 0.3) is 0 Å². The van der Waals surface area contributed by atoms with Gasteiger partial charge in [-0.1, -0.05) is 6.92 Å². The molecule has 0 bridgehead atoms. The van der Waals surface area contributed by atoms with Crippen LogP contribution in [0, 0.1) is 0 Å². The molecule has 0 fully saturated rings. The lowest BCUT2D eigenvalue weighted by molar-refractivity contribution is -0.120. The van der Waals surface area contributed by atoms with E-state index in [0.29, 0.717) is 18.4 Å². The fourth-order valence-electron chi connectivity index (χ4n) is 1.23. The highest BCUT2D eigenvalue weighted by Gasteiger charge is 2.15. The van der Waals surface area contributed by atoms with E-state index < -0.39 is 0 Å². The Kier molecular flexibility index (Phi) is 9.77. The number of rotatable bonds is 9. The molecule has 96 valence electrons. The first-order valence-corrected chi connectivity index (χ1v) is 6.59. The van der Waals surface area contributed by atoms with Gasteiger partial charge < -0.3 is 15.2 Å². The summed E-state index contributed by atoms with van der Waals surface area (Å²) in [5.41, 5.74) is 0. The first-order valence-electron chi connectivity index (χ1n) is 5.64. The van der Waals surface area contributed by atoms with Crippen LogP contribution in [-0.4, -0.2) is 48.4 Å². The zero-order chi connectivity index (χ0) is 12.4. The van der Waals surface area contributed by atoms with E-state index in [0.717, 1.165) is 12.8 Å². The average Bonchev–Trinajstić information content (AvgIpc) is 2.24. The Morgan fingerprint density at radius 2 is 2.19 bits per heavy atom. The third-order valence-electron chi connectivity index (χ3n) is 2.17. The van der Waals surface area contributed by atoms with Crippen LogP contribution in [-0.2, 0) is 9.53 Å². The van der Waals surface area contributed by atoms with Crippen molar-refractivity contribution in [3.8, 4) is 0 Å². The number of aliphatic hydroxyl groups is 1. The van der Waals surface area contributed by atoms with Gasteiger partial charge in [0.05, 0.1) is 5.25 Å². The van der Waals surface area contributed by atoms with Crippen molar-refractivity contribution in [2.45, 2.75) is 37.2 Å². The van der Waals surface area contributed by atoms with Crippen LogP contribution < -0.4 is 5.32 Å². The minimum absolute atomic E-state index is 0.0610. The summed E-state index contributed by atoms with van der Waals surface area (Å²) in [7, 11) is 1.65. The number of amides is 1. The largest absolute Gasteiger partial charge is 0.396 e. The first-order chi connectivity index (χ1) is 7.61. The number of carbonyl (C=O) groups excluding carboxylic acids is 1. The normalized spacial score (nSPS) is 14.5. The molecular formula is C11H23NO3S. The third kappa shape index (κ3) is 7.96. The Morgan fingerprint density at radius 1 is 1.50 bits per heavy atom. The Hall–Kier alpha value is -0.260. The fourth-order valence-corrected chi connectivity index (χ4v) is 2.38. The summed E-state index contributed by atoms with van der Waals surface area (Å²) in [6.45, 7) is 5.42. The van der Waals surface area contributed by atoms with Crippen molar-refractivity contribution < 1.29 is 14.6 Å². The molecule has 0 spiro atoms. The Bertz CT molecular complexity index is 190. The van der Waals surface area contributed by atoms with Gasteiger partial charge in [-0.05, 0) is 19.8 Å². The Morgan fingerprint density at radius 3 is 2.75 bits per heavy atom. The maximum absolute atomic E-state index is 11.6. The molecule has 0 saturated heterocycles. The molecule has 0 rings (SSSR count). The van der Waals surface area contributed by atoms with Crippen molar-refractivity contribution in [3.05, 3.63) is 0 Å². The van der Waals surface area contributed by atoms with Gasteiger partial charge in [-0.3, -0.25) is 4.79 Å². The molecule has 0 aromatic heterocycles. The molecule has 2 atom stereocenters. The van der Waals surface area contributed by atoms with E-state index in [-0.39, 0.29) is 17.8 Å². The van der Waals surface area contributed by atoms with E-state index in [1.54, 1.807) is 18.9 Å². The minimum atomic E-state index is -0.0657. The summed E-state index contributed by atoms with van der Waals surface area (Å²) in [6, 6.07) is 0. The van der Waals surface area contributed by atoms with Gasteiger partial charge in [0.25, 0.3) is 0 Å². The summed E-state index contributed by atoms with van der Waals surface area (Å²) in [5.74, 6) is 0.0610. The molecule has 16 heavy (non-hydrogen) atoms. The van der Waals surface area contributed by atoms with Crippen LogP contribution in [0.2, 0.25) is 0 Å². The zero-order valence-electron chi connectivity index (χ0n) is 10.4. The van der Waals surface area contributed by atoms with Gasteiger partial charge in [0.2, 0.25) is 5.91 Å². The molecule has 2 unspecified atom stereocenters. The highest BCUT2D eigenvalue weighted by Crippen LogP contribution is 2.19. The van der Waals surface area contributed by atoms with Gasteiger partial charge in [-0.25, -0.2) is 0 Å². The van der Waals surface area contributed by atoms with E-state index in [9.17, 15) is 4.79 Å². The predicted molar refractivity (Wildman–Crippen MR) is 67.7 cm³/mol. The Labute approximate surface area is 102 Å². The molecular weight excluding hydrogens is 226 g/mol. The number of ether oxygens (including phenoxy) is 1. The molecule has 0 aliphatic heterocycles. The number of carbonyl (C=O) groups is 1. The van der Waals surface area contributed by atoms with Crippen molar-refractivity contribution in [2.75, 3.05) is 26.9 Å². The van der Waals surface area contributed by atoms with Crippen LogP contribution in [0.5, 0.6) is 0 Å². The standard InChI is InChI=1S/C11H23NO3S/c1-9(5-7-13)16-10(2)11(14)12-6-4-8-15-3/h9-10,13H,4-8H2,1-3H3,(H,12,14). The molecule has 0 aromatic carbocycles. The molecule has 0 aromatic rings. The summed E-state index contributed by atoms with van der Waals surface area (Å²) < 4.78 is 4.90. The van der Waals surface area contributed by atoms with Crippen molar-refractivity contribution in [1.29, 1.82) is 0 Å². The van der Waals surface area contributed by atoms with Gasteiger partial charge in [0.1, 0.15) is 0 Å². The van der Waals surface area contributed by atoms with Crippen LogP contribution in [0.1, 0.15) is 26.7 Å². The smallest absolute Gasteiger partial charge is 0.232 e. The molecule has 0 heterocycles. The van der Waals surface area contributed by atoms with Gasteiger partial charge in [0, 0.05) is 32.1 Å². The lowest BCUT2D eigenvalue weighted by Crippen LogP contribution is -2.33. The van der Waals surface area contributed by atoms with Gasteiger partial charge in [-0.2, -0.15) is 0 Å². The van der Waals surface area contributed by atoms with Crippen LogP contribution in [0.15, 0.2) is 0 Å². The first kappa shape index (κ1) is 15.7. The maximum Gasteiger partial charge on any atom is 0.232 e. The second-order valence-corrected chi connectivity index (χ2v) is 5.52. The number of thioether (sulfide) groups is 1. The van der Waals surface area contributed by atoms with E-state index in [1.807, 2.05) is 13.8 Å². The maximum atomic E-state index is 11.6. The molecule has 0 saturated carbocycles. The summed E-state index contributed by atoms with van der Waals surface area (Å²) in [6.07, 6.45) is 1.57. The third-order valence-corrected chi connectivity index (χ3v) is 3.49. The molecule has 0 radical (unpaired) electrons. The Balaban J connectivity index is 3.64. The predicted octanol–water partition coefficient (Wildman–Crippen LogP) is 1.03. The number of hydrogen-bond donors (Lipinski definition) is 2. The quantitative estimate of drug-likeness (QED) is 0.599. The fraction of sp³-hybridized carbons (Fsp3) is 0.909. The summed E-state index contributed by atoms with van der Waals surface area (Å²) >= 11 is 1.59. The topological polar surface area (TPSA) is 58.6 Å². The number of methoxy groups -OCH3 is 1. The van der Waals surface area contributed by atoms with Crippen molar-refractivity contribution >= 4 is 17.7 Å². The van der Waals surface area contributed by atoms with E-state index >= 15 is 0 Å². The van der Waals surface area contributed by atoms with E-state index in [1.165, 1.54) is 0 Å². The lowest BCUT2D eigenvalue weighted by Gasteiger charge is -2.16. The number of aliphatic hydroxyl groups excluding tert-OH is 1. The zero-order valence-corrected chi connectivity index (χ0v) is 11.2. The van der Waals surface area contributed by atoms with Crippen LogP contribution in [0.4, 0.5) is 0 Å². The minimum Gasteiger partial charge on any atom is -0.396 e. The molecule has 0 aliphatic rings. The van der Waals surface area contributed by atoms with Crippen molar-refractivity contribution in [1.82, 2.24) is 5.32 Å². The summed E-state index contributed by atoms with van der Waals surface area (Å²) in [5, 5.41) is 11.9. The number of hydrogen-bond acceptors (Lipinski definition) is 4. The van der Waals surface area contributed by atoms with Crippen molar-refractivity contribution in [3.63, 3.8) is 0 Å². The SMILES string of the molecule is COCCCNC(=O)C(C)SC(C)CCO. The highest BCUT2D eigenvalue weighted by molar-refractivity contribution is 8.01. The van der Waals surface area contributed by atoms with Gasteiger partial charge >= 0.3 is 0 Å². The van der Waals surface area contributed by atoms with E-state index in [4.69, 9.17) is 9.84 Å². The lowest BCUT2D eigenvalue weighted by atomic mass is 10.3. The molecule has 4 nitrogen and oxygen atoms in total. The van der Waals surface area contributed by atoms with E-state index in [2.05, 4.69) is 5.32 Å². The van der Waals surface area contributed by atoms with Crippen molar-refractivity contribution in [2.24, 2.45) is 0 Å². The second-order valence-electron chi connectivity index (χ2n) is 3.74. The average molecular weight is 249 g/mol. The summed E-state index contributed by atoms with van der Waals surface area (Å²) in [4.78, 5) is 11.6. The molecule has 5 heteroatoms. The molecule has 2 N–H and O–H groups in total. The van der Waals surface area contributed by atoms with Crippen LogP contribution in [0.3, 0.4) is 0 Å².